The molecule has 0 unspecified atom stereocenters. The van der Waals surface area contributed by atoms with E-state index in [-0.39, 0.29) is 0 Å². The number of hydrogen-bond acceptors (Lipinski definition) is 1. The molecule has 0 aliphatic carbocycles. The average Bonchev–Trinajstić information content (AvgIpc) is 2.36. The van der Waals surface area contributed by atoms with E-state index in [1.54, 1.807) is 0 Å². The van der Waals surface area contributed by atoms with E-state index < -0.39 is 0 Å². The van der Waals surface area contributed by atoms with Crippen molar-refractivity contribution in [2.45, 2.75) is 39.0 Å². The highest BCUT2D eigenvalue weighted by Gasteiger charge is 2.17. The van der Waals surface area contributed by atoms with E-state index in [4.69, 9.17) is 0 Å². The molecule has 1 aromatic rings. The van der Waals surface area contributed by atoms with Crippen LogP contribution in [-0.4, -0.2) is 15.6 Å². The molecule has 0 amide bonds. The topological polar surface area (TPSA) is 4.93 Å². The molecule has 0 saturated heterocycles. The number of thioether (sulfide) groups is 1. The third-order valence-electron chi connectivity index (χ3n) is 2.51. The summed E-state index contributed by atoms with van der Waals surface area (Å²) in [6.45, 7) is 10.0. The fourth-order valence-electron chi connectivity index (χ4n) is 1.39. The third-order valence-corrected chi connectivity index (χ3v) is 3.74. The molecule has 1 aromatic heterocycles. The molecule has 2 heteroatoms. The standard InChI is InChI=1S/C11H19NS/c1-9-6-7-10(2)12(9)8-11(3,4)13-5/h6-7H,8H2,1-5H3. The normalized spacial score (nSPS) is 12.1. The van der Waals surface area contributed by atoms with Crippen LogP contribution < -0.4 is 0 Å². The second kappa shape index (κ2) is 3.79. The van der Waals surface area contributed by atoms with Crippen molar-refractivity contribution in [1.82, 2.24) is 4.57 Å². The summed E-state index contributed by atoms with van der Waals surface area (Å²) in [7, 11) is 0. The highest BCUT2D eigenvalue weighted by Crippen LogP contribution is 2.25. The Labute approximate surface area is 85.5 Å². The molecule has 0 N–H and O–H groups in total. The number of nitrogens with zero attached hydrogens (tertiary/aromatic N) is 1. The highest BCUT2D eigenvalue weighted by molar-refractivity contribution is 7.99. The molecule has 0 radical (unpaired) electrons. The van der Waals surface area contributed by atoms with Crippen LogP contribution in [0.4, 0.5) is 0 Å². The summed E-state index contributed by atoms with van der Waals surface area (Å²) in [6.07, 6.45) is 2.17. The molecule has 0 fully saturated rings. The van der Waals surface area contributed by atoms with Crippen LogP contribution in [0.3, 0.4) is 0 Å². The van der Waals surface area contributed by atoms with Crippen molar-refractivity contribution in [1.29, 1.82) is 0 Å². The lowest BCUT2D eigenvalue weighted by Gasteiger charge is -2.24. The van der Waals surface area contributed by atoms with E-state index in [1.165, 1.54) is 11.4 Å². The van der Waals surface area contributed by atoms with Crippen LogP contribution in [0.25, 0.3) is 0 Å². The molecule has 0 aromatic carbocycles. The summed E-state index contributed by atoms with van der Waals surface area (Å²) in [5.74, 6) is 0. The fraction of sp³-hybridized carbons (Fsp3) is 0.636. The number of aryl methyl sites for hydroxylation is 2. The minimum absolute atomic E-state index is 0.328. The summed E-state index contributed by atoms with van der Waals surface area (Å²) in [5, 5.41) is 0. The number of aromatic nitrogens is 1. The van der Waals surface area contributed by atoms with Crippen LogP contribution in [0.5, 0.6) is 0 Å². The van der Waals surface area contributed by atoms with Crippen LogP contribution in [0.2, 0.25) is 0 Å². The Hall–Kier alpha value is -0.370. The zero-order chi connectivity index (χ0) is 10.1. The number of hydrogen-bond donors (Lipinski definition) is 0. The molecule has 0 atom stereocenters. The van der Waals surface area contributed by atoms with Gasteiger partial charge in [0.2, 0.25) is 0 Å². The lowest BCUT2D eigenvalue weighted by molar-refractivity contribution is 0.551. The Morgan fingerprint density at radius 2 is 1.69 bits per heavy atom. The Balaban J connectivity index is 2.85. The van der Waals surface area contributed by atoms with Gasteiger partial charge >= 0.3 is 0 Å². The fourth-order valence-corrected chi connectivity index (χ4v) is 1.65. The maximum Gasteiger partial charge on any atom is 0.0366 e. The molecule has 0 bridgehead atoms. The van der Waals surface area contributed by atoms with Gasteiger partial charge in [-0.25, -0.2) is 0 Å². The van der Waals surface area contributed by atoms with Gasteiger partial charge < -0.3 is 4.57 Å². The molecule has 1 heterocycles. The van der Waals surface area contributed by atoms with Gasteiger partial charge in [0.1, 0.15) is 0 Å². The van der Waals surface area contributed by atoms with E-state index in [0.29, 0.717) is 4.75 Å². The smallest absolute Gasteiger partial charge is 0.0366 e. The zero-order valence-corrected chi connectivity index (χ0v) is 10.0. The second-order valence-electron chi connectivity index (χ2n) is 4.17. The van der Waals surface area contributed by atoms with Crippen molar-refractivity contribution in [2.75, 3.05) is 6.26 Å². The van der Waals surface area contributed by atoms with Crippen molar-refractivity contribution in [3.63, 3.8) is 0 Å². The van der Waals surface area contributed by atoms with Gasteiger partial charge in [-0.05, 0) is 46.1 Å². The Morgan fingerprint density at radius 1 is 1.23 bits per heavy atom. The van der Waals surface area contributed by atoms with Crippen LogP contribution in [0.15, 0.2) is 12.1 Å². The predicted molar refractivity (Wildman–Crippen MR) is 61.5 cm³/mol. The van der Waals surface area contributed by atoms with E-state index in [1.807, 2.05) is 11.8 Å². The van der Waals surface area contributed by atoms with Gasteiger partial charge in [0.05, 0.1) is 0 Å². The molecule has 13 heavy (non-hydrogen) atoms. The van der Waals surface area contributed by atoms with E-state index in [2.05, 4.69) is 50.7 Å². The molecule has 0 aliphatic heterocycles. The van der Waals surface area contributed by atoms with Crippen LogP contribution in [-0.2, 0) is 6.54 Å². The van der Waals surface area contributed by atoms with Gasteiger partial charge in [0.25, 0.3) is 0 Å². The Morgan fingerprint density at radius 3 is 2.08 bits per heavy atom. The Bertz CT molecular complexity index is 267. The van der Waals surface area contributed by atoms with Crippen LogP contribution >= 0.6 is 11.8 Å². The summed E-state index contributed by atoms with van der Waals surface area (Å²) < 4.78 is 2.71. The van der Waals surface area contributed by atoms with Gasteiger partial charge in [-0.3, -0.25) is 0 Å². The molecule has 0 saturated carbocycles. The quantitative estimate of drug-likeness (QED) is 0.720. The van der Waals surface area contributed by atoms with Gasteiger partial charge in [-0.15, -0.1) is 0 Å². The first-order chi connectivity index (χ1) is 5.96. The van der Waals surface area contributed by atoms with Gasteiger partial charge in [0, 0.05) is 22.7 Å². The molecular formula is C11H19NS. The summed E-state index contributed by atoms with van der Waals surface area (Å²) in [6, 6.07) is 4.37. The van der Waals surface area contributed by atoms with Crippen molar-refractivity contribution >= 4 is 11.8 Å². The molecule has 1 rings (SSSR count). The van der Waals surface area contributed by atoms with E-state index in [0.717, 1.165) is 6.54 Å². The van der Waals surface area contributed by atoms with Crippen molar-refractivity contribution in [3.05, 3.63) is 23.5 Å². The maximum absolute atomic E-state index is 2.39. The van der Waals surface area contributed by atoms with Gasteiger partial charge in [-0.1, -0.05) is 0 Å². The van der Waals surface area contributed by atoms with Crippen molar-refractivity contribution in [2.24, 2.45) is 0 Å². The lowest BCUT2D eigenvalue weighted by Crippen LogP contribution is -2.23. The second-order valence-corrected chi connectivity index (χ2v) is 5.68. The van der Waals surface area contributed by atoms with Crippen molar-refractivity contribution in [3.8, 4) is 0 Å². The summed E-state index contributed by atoms with van der Waals surface area (Å²) in [4.78, 5) is 0. The first-order valence-electron chi connectivity index (χ1n) is 4.64. The molecule has 74 valence electrons. The third kappa shape index (κ3) is 2.53. The summed E-state index contributed by atoms with van der Waals surface area (Å²) in [5.41, 5.74) is 2.72. The first-order valence-corrected chi connectivity index (χ1v) is 5.86. The zero-order valence-electron chi connectivity index (χ0n) is 9.22. The molecule has 0 aliphatic rings. The summed E-state index contributed by atoms with van der Waals surface area (Å²) >= 11 is 1.92. The lowest BCUT2D eigenvalue weighted by atomic mass is 10.2. The highest BCUT2D eigenvalue weighted by atomic mass is 32.2. The molecular weight excluding hydrogens is 178 g/mol. The monoisotopic (exact) mass is 197 g/mol. The van der Waals surface area contributed by atoms with E-state index in [9.17, 15) is 0 Å². The van der Waals surface area contributed by atoms with Gasteiger partial charge in [0.15, 0.2) is 0 Å². The molecule has 0 spiro atoms. The predicted octanol–water partition coefficient (Wildman–Crippen LogP) is 3.25. The SMILES string of the molecule is CSC(C)(C)Cn1c(C)ccc1C. The van der Waals surface area contributed by atoms with Crippen molar-refractivity contribution < 1.29 is 0 Å². The minimum atomic E-state index is 0.328. The number of rotatable bonds is 3. The average molecular weight is 197 g/mol. The van der Waals surface area contributed by atoms with E-state index >= 15 is 0 Å². The van der Waals surface area contributed by atoms with Crippen LogP contribution in [0.1, 0.15) is 25.2 Å². The maximum atomic E-state index is 2.39. The largest absolute Gasteiger partial charge is 0.348 e. The van der Waals surface area contributed by atoms with Gasteiger partial charge in [-0.2, -0.15) is 11.8 Å². The first kappa shape index (κ1) is 10.7. The Kier molecular flexibility index (Phi) is 3.12. The van der Waals surface area contributed by atoms with Crippen LogP contribution in [0, 0.1) is 13.8 Å². The minimum Gasteiger partial charge on any atom is -0.348 e. The molecule has 1 nitrogen and oxygen atoms in total.